The third-order valence-electron chi connectivity index (χ3n) is 2.96. The summed E-state index contributed by atoms with van der Waals surface area (Å²) >= 11 is 0. The van der Waals surface area contributed by atoms with E-state index in [9.17, 15) is 4.79 Å². The number of hydrogen-bond acceptors (Lipinski definition) is 3. The van der Waals surface area contributed by atoms with Crippen molar-refractivity contribution >= 4 is 5.91 Å². The summed E-state index contributed by atoms with van der Waals surface area (Å²) in [6.07, 6.45) is 2.08. The molecule has 0 saturated carbocycles. The van der Waals surface area contributed by atoms with Crippen molar-refractivity contribution in [3.05, 3.63) is 0 Å². The lowest BCUT2D eigenvalue weighted by atomic mass is 10.2. The van der Waals surface area contributed by atoms with Gasteiger partial charge in [0, 0.05) is 32.7 Å². The average molecular weight is 199 g/mol. The van der Waals surface area contributed by atoms with Gasteiger partial charge in [-0.15, -0.1) is 0 Å². The smallest absolute Gasteiger partial charge is 0.236 e. The molecule has 1 saturated heterocycles. The zero-order valence-corrected chi connectivity index (χ0v) is 9.20. The maximum atomic E-state index is 11.6. The predicted octanol–water partition coefficient (Wildman–Crippen LogP) is -0.112. The van der Waals surface area contributed by atoms with Gasteiger partial charge < -0.3 is 10.6 Å². The first-order valence-corrected chi connectivity index (χ1v) is 5.37. The summed E-state index contributed by atoms with van der Waals surface area (Å²) in [6, 6.07) is 0.366. The molecular formula is C10H21N3O. The highest BCUT2D eigenvalue weighted by atomic mass is 16.2. The molecule has 2 N–H and O–H groups in total. The molecule has 1 aliphatic rings. The number of rotatable bonds is 3. The molecule has 4 heteroatoms. The van der Waals surface area contributed by atoms with Gasteiger partial charge in [0.2, 0.25) is 5.91 Å². The molecule has 1 amide bonds. The Labute approximate surface area is 86.0 Å². The van der Waals surface area contributed by atoms with Crippen LogP contribution in [0.4, 0.5) is 0 Å². The molecule has 1 aliphatic heterocycles. The minimum atomic E-state index is 0.217. The number of nitrogens with zero attached hydrogens (tertiary/aromatic N) is 2. The fourth-order valence-corrected chi connectivity index (χ4v) is 1.89. The van der Waals surface area contributed by atoms with Gasteiger partial charge in [0.05, 0.1) is 6.54 Å². The SMILES string of the molecule is CCC(CN)N1CCCN(C)C(=O)C1. The Bertz CT molecular complexity index is 192. The molecule has 0 aliphatic carbocycles. The van der Waals surface area contributed by atoms with Crippen LogP contribution in [0.2, 0.25) is 0 Å². The number of nitrogens with two attached hydrogens (primary N) is 1. The number of hydrogen-bond donors (Lipinski definition) is 1. The maximum absolute atomic E-state index is 11.6. The fourth-order valence-electron chi connectivity index (χ4n) is 1.89. The van der Waals surface area contributed by atoms with E-state index in [1.54, 1.807) is 0 Å². The van der Waals surface area contributed by atoms with Crippen molar-refractivity contribution in [3.63, 3.8) is 0 Å². The third kappa shape index (κ3) is 2.69. The monoisotopic (exact) mass is 199 g/mol. The molecule has 1 heterocycles. The quantitative estimate of drug-likeness (QED) is 0.690. The Hall–Kier alpha value is -0.610. The molecule has 1 unspecified atom stereocenters. The molecule has 82 valence electrons. The largest absolute Gasteiger partial charge is 0.345 e. The van der Waals surface area contributed by atoms with Crippen LogP contribution in [0, 0.1) is 0 Å². The van der Waals surface area contributed by atoms with Crippen molar-refractivity contribution in [2.45, 2.75) is 25.8 Å². The van der Waals surface area contributed by atoms with Crippen molar-refractivity contribution in [1.29, 1.82) is 0 Å². The molecule has 0 bridgehead atoms. The summed E-state index contributed by atoms with van der Waals surface area (Å²) in [4.78, 5) is 15.6. The molecule has 1 rings (SSSR count). The standard InChI is InChI=1S/C10H21N3O/c1-3-9(7-11)13-6-4-5-12(2)10(14)8-13/h9H,3-8,11H2,1-2H3. The number of carbonyl (C=O) groups excluding carboxylic acids is 1. The highest BCUT2D eigenvalue weighted by Gasteiger charge is 2.23. The van der Waals surface area contributed by atoms with Crippen LogP contribution in [0.15, 0.2) is 0 Å². The zero-order valence-electron chi connectivity index (χ0n) is 9.20. The molecule has 4 nitrogen and oxygen atoms in total. The van der Waals surface area contributed by atoms with Crippen LogP contribution in [0.25, 0.3) is 0 Å². The van der Waals surface area contributed by atoms with Gasteiger partial charge in [-0.2, -0.15) is 0 Å². The highest BCUT2D eigenvalue weighted by molar-refractivity contribution is 5.78. The van der Waals surface area contributed by atoms with Crippen molar-refractivity contribution in [3.8, 4) is 0 Å². The first kappa shape index (κ1) is 11.5. The Morgan fingerprint density at radius 3 is 2.79 bits per heavy atom. The first-order valence-electron chi connectivity index (χ1n) is 5.37. The van der Waals surface area contributed by atoms with Gasteiger partial charge in [-0.25, -0.2) is 0 Å². The summed E-state index contributed by atoms with van der Waals surface area (Å²) < 4.78 is 0. The Kier molecular flexibility index (Phi) is 4.35. The average Bonchev–Trinajstić information content (AvgIpc) is 2.32. The van der Waals surface area contributed by atoms with Crippen LogP contribution in [-0.4, -0.2) is 55.0 Å². The normalized spacial score (nSPS) is 22.2. The van der Waals surface area contributed by atoms with E-state index in [1.807, 2.05) is 11.9 Å². The highest BCUT2D eigenvalue weighted by Crippen LogP contribution is 2.08. The zero-order chi connectivity index (χ0) is 10.6. The molecule has 1 atom stereocenters. The summed E-state index contributed by atoms with van der Waals surface area (Å²) in [5, 5.41) is 0. The van der Waals surface area contributed by atoms with Crippen molar-refractivity contribution in [2.75, 3.05) is 33.2 Å². The van der Waals surface area contributed by atoms with Gasteiger partial charge >= 0.3 is 0 Å². The molecule has 1 fully saturated rings. The third-order valence-corrected chi connectivity index (χ3v) is 2.96. The second-order valence-corrected chi connectivity index (χ2v) is 3.94. The second kappa shape index (κ2) is 5.32. The minimum Gasteiger partial charge on any atom is -0.345 e. The van der Waals surface area contributed by atoms with Gasteiger partial charge in [0.15, 0.2) is 0 Å². The van der Waals surface area contributed by atoms with Gasteiger partial charge in [-0.05, 0) is 12.8 Å². The number of amides is 1. The van der Waals surface area contributed by atoms with E-state index in [0.29, 0.717) is 19.1 Å². The van der Waals surface area contributed by atoms with Crippen molar-refractivity contribution < 1.29 is 4.79 Å². The second-order valence-electron chi connectivity index (χ2n) is 3.94. The van der Waals surface area contributed by atoms with E-state index in [0.717, 1.165) is 25.9 Å². The molecule has 14 heavy (non-hydrogen) atoms. The summed E-state index contributed by atoms with van der Waals surface area (Å²) in [5.41, 5.74) is 5.68. The Morgan fingerprint density at radius 1 is 1.50 bits per heavy atom. The van der Waals surface area contributed by atoms with Crippen LogP contribution in [0.3, 0.4) is 0 Å². The van der Waals surface area contributed by atoms with Crippen LogP contribution in [-0.2, 0) is 4.79 Å². The minimum absolute atomic E-state index is 0.217. The molecule has 0 aromatic rings. The Balaban J connectivity index is 2.57. The van der Waals surface area contributed by atoms with E-state index in [-0.39, 0.29) is 5.91 Å². The molecular weight excluding hydrogens is 178 g/mol. The van der Waals surface area contributed by atoms with Crippen molar-refractivity contribution in [1.82, 2.24) is 9.80 Å². The number of likely N-dealkylation sites (N-methyl/N-ethyl adjacent to an activating group) is 1. The van der Waals surface area contributed by atoms with E-state index < -0.39 is 0 Å². The fraction of sp³-hybridized carbons (Fsp3) is 0.900. The lowest BCUT2D eigenvalue weighted by Gasteiger charge is -2.27. The molecule has 0 radical (unpaired) electrons. The van der Waals surface area contributed by atoms with Crippen molar-refractivity contribution in [2.24, 2.45) is 5.73 Å². The van der Waals surface area contributed by atoms with E-state index in [2.05, 4.69) is 11.8 Å². The summed E-state index contributed by atoms with van der Waals surface area (Å²) in [5.74, 6) is 0.217. The molecule has 0 aromatic carbocycles. The van der Waals surface area contributed by atoms with Crippen LogP contribution >= 0.6 is 0 Å². The van der Waals surface area contributed by atoms with Gasteiger partial charge in [-0.3, -0.25) is 9.69 Å². The Morgan fingerprint density at radius 2 is 2.21 bits per heavy atom. The van der Waals surface area contributed by atoms with Crippen LogP contribution < -0.4 is 5.73 Å². The van der Waals surface area contributed by atoms with Crippen LogP contribution in [0.1, 0.15) is 19.8 Å². The van der Waals surface area contributed by atoms with E-state index in [4.69, 9.17) is 5.73 Å². The van der Waals surface area contributed by atoms with Gasteiger partial charge in [-0.1, -0.05) is 6.92 Å². The number of carbonyl (C=O) groups is 1. The summed E-state index contributed by atoms with van der Waals surface area (Å²) in [6.45, 7) is 5.17. The lowest BCUT2D eigenvalue weighted by Crippen LogP contribution is -2.44. The molecule has 0 aromatic heterocycles. The first-order chi connectivity index (χ1) is 6.69. The van der Waals surface area contributed by atoms with Gasteiger partial charge in [0.25, 0.3) is 0 Å². The summed E-state index contributed by atoms with van der Waals surface area (Å²) in [7, 11) is 1.87. The van der Waals surface area contributed by atoms with E-state index in [1.165, 1.54) is 0 Å². The van der Waals surface area contributed by atoms with E-state index >= 15 is 0 Å². The maximum Gasteiger partial charge on any atom is 0.236 e. The lowest BCUT2D eigenvalue weighted by molar-refractivity contribution is -0.130. The van der Waals surface area contributed by atoms with Gasteiger partial charge in [0.1, 0.15) is 0 Å². The molecule has 0 spiro atoms. The van der Waals surface area contributed by atoms with Crippen LogP contribution in [0.5, 0.6) is 0 Å². The predicted molar refractivity (Wildman–Crippen MR) is 57.0 cm³/mol. The topological polar surface area (TPSA) is 49.6 Å².